The molecule has 4 N–H and O–H groups in total. The smallest absolute Gasteiger partial charge is 0.870 e. The number of halogens is 6. The molecule has 6 aromatic carbocycles. The van der Waals surface area contributed by atoms with Crippen molar-refractivity contribution in [1.29, 1.82) is 10.5 Å². The molecule has 0 saturated carbocycles. The summed E-state index contributed by atoms with van der Waals surface area (Å²) in [4.78, 5) is 62.2. The second kappa shape index (κ2) is 40.2. The minimum Gasteiger partial charge on any atom is -0.870 e. The van der Waals surface area contributed by atoms with Crippen molar-refractivity contribution in [2.45, 2.75) is 131 Å². The Morgan fingerprint density at radius 2 is 0.712 bits per heavy atom. The zero-order valence-corrected chi connectivity index (χ0v) is 77.1. The first kappa shape index (κ1) is 94.4. The number of carboxylic acid groups (broad SMARTS) is 1. The van der Waals surface area contributed by atoms with Crippen LogP contribution < -0.4 is 54.0 Å². The summed E-state index contributed by atoms with van der Waals surface area (Å²) in [5, 5.41) is 28.7. The summed E-state index contributed by atoms with van der Waals surface area (Å²) in [6.45, 7) is 27.1. The molecule has 0 aliphatic carbocycles. The molecule has 8 unspecified atom stereocenters. The van der Waals surface area contributed by atoms with Crippen molar-refractivity contribution in [1.82, 2.24) is 0 Å². The van der Waals surface area contributed by atoms with Crippen LogP contribution in [0.15, 0.2) is 136 Å². The molecule has 6 fully saturated rings. The molecule has 118 heavy (non-hydrogen) atoms. The summed E-state index contributed by atoms with van der Waals surface area (Å²) in [7, 11) is 0. The third-order valence-electron chi connectivity index (χ3n) is 25.2. The normalized spacial score (nSPS) is 27.9. The molecule has 0 radical (unpaired) electrons. The fraction of sp³-hybridized carbons (Fsp3) is 0.523. The van der Waals surface area contributed by atoms with Crippen molar-refractivity contribution in [2.75, 3.05) is 161 Å². The van der Waals surface area contributed by atoms with Gasteiger partial charge in [-0.25, -0.2) is 0 Å². The quantitative estimate of drug-likeness (QED) is 0.116. The van der Waals surface area contributed by atoms with Crippen LogP contribution >= 0.6 is 95.6 Å². The number of esters is 2. The van der Waals surface area contributed by atoms with Gasteiger partial charge in [-0.15, -0.1) is 0 Å². The minimum absolute atomic E-state index is 0. The average Bonchev–Trinajstić information content (AvgIpc) is 0.750. The number of aliphatic carboxylic acids is 1. The van der Waals surface area contributed by atoms with Gasteiger partial charge >= 0.3 is 36.8 Å². The van der Waals surface area contributed by atoms with Crippen molar-refractivity contribution in [3.05, 3.63) is 169 Å². The molecule has 12 aliphatic heterocycles. The molecular weight excluding hydrogens is 1890 g/mol. The first-order valence-electron chi connectivity index (χ1n) is 39.6. The van der Waals surface area contributed by atoms with Gasteiger partial charge in [-0.3, -0.25) is 19.2 Å². The molecule has 630 valence electrons. The maximum Gasteiger partial charge on any atom is 1.00 e. The van der Waals surface area contributed by atoms with Crippen LogP contribution in [0.2, 0.25) is 0 Å². The van der Waals surface area contributed by atoms with Crippen molar-refractivity contribution in [2.24, 2.45) is 38.7 Å². The summed E-state index contributed by atoms with van der Waals surface area (Å²) in [5.74, 6) is -1.37. The standard InChI is InChI=1S/C16H20BrNO3.C15H18BrNO3.C14H17BrN2O2.2C14H15BrN2O.C14H16BrNO3.CH4.Li.H2O/c1-3-21-15(19)16(2)9-11-4-5-12(17)8-13(11)18-6-7-20-10-14(16)18;1-2-20-15(18)12-7-10-3-4-11(16)8-13(10)17-5-6-19-9-14(12)17;1-14(13(16)18)7-9-2-3-10(15)6-11(9)17-4-5-19-8-12(14)17;2*1-14(9-16)7-10-2-3-11(15)6-12(10)17-4-5-18-8-13(14)17;1-14(13(17)18)7-9-2-3-10(15)6-11(9)16-4-5-19-8-12(14)16;;;/h4-5,8,14H,3,6-7,9-10H2,1-2H3;3-4,8,12,14H,2,5-7,9H2,1H3;2-3,6,12H,4-5,7-8H2,1H3,(H2,16,18);2*2-3,6,13H,4-5,7-8H2,1H3;2-3,6,12H,4-5,7-8H2,1H3,(H,17,18);1H4;;1H2/q;;;;;;;+1;/p-1/t;;;13-,14+;13-,14-;;;;/m...00..../s1. The molecule has 0 spiro atoms. The molecule has 6 saturated heterocycles. The van der Waals surface area contributed by atoms with Crippen LogP contribution in [0, 0.1) is 55.7 Å². The van der Waals surface area contributed by atoms with E-state index in [1.165, 1.54) is 56.3 Å². The summed E-state index contributed by atoms with van der Waals surface area (Å²) in [6.07, 6.45) is 4.25. The first-order valence-corrected chi connectivity index (χ1v) is 44.3. The van der Waals surface area contributed by atoms with E-state index in [1.54, 1.807) is 0 Å². The van der Waals surface area contributed by atoms with Gasteiger partial charge in [0.05, 0.1) is 174 Å². The maximum absolute atomic E-state index is 12.5. The summed E-state index contributed by atoms with van der Waals surface area (Å²) >= 11 is 21.1. The number of hydrogen-bond acceptors (Lipinski definition) is 21. The second-order valence-electron chi connectivity index (χ2n) is 32.5. The molecule has 0 aromatic heterocycles. The van der Waals surface area contributed by atoms with Gasteiger partial charge in [0.25, 0.3) is 0 Å². The number of primary amides is 1. The van der Waals surface area contributed by atoms with E-state index >= 15 is 0 Å². The van der Waals surface area contributed by atoms with Crippen LogP contribution in [0.25, 0.3) is 0 Å². The van der Waals surface area contributed by atoms with Crippen LogP contribution in [0.3, 0.4) is 0 Å². The monoisotopic (exact) mass is 1990 g/mol. The molecular formula is C88H106Br6LiN9O14. The Morgan fingerprint density at radius 1 is 0.432 bits per heavy atom. The number of hydrogen-bond donors (Lipinski definition) is 2. The Kier molecular flexibility index (Phi) is 32.2. The van der Waals surface area contributed by atoms with Crippen LogP contribution in [-0.2, 0) is 95.6 Å². The number of carboxylic acids is 1. The largest absolute Gasteiger partial charge is 1.00 e. The maximum atomic E-state index is 12.5. The zero-order valence-electron chi connectivity index (χ0n) is 67.5. The van der Waals surface area contributed by atoms with E-state index in [0.717, 1.165) is 110 Å². The minimum atomic E-state index is -0.790. The number of morpholine rings is 6. The number of nitriles is 2. The van der Waals surface area contributed by atoms with Gasteiger partial charge in [0, 0.05) is 100 Å². The average molecular weight is 2000 g/mol. The molecule has 6 aromatic rings. The van der Waals surface area contributed by atoms with Crippen LogP contribution in [0.1, 0.15) is 89.3 Å². The number of carbonyl (C=O) groups is 4. The molecule has 23 nitrogen and oxygen atoms in total. The SMILES string of the molecule is C.CC1(C(=O)O)Cc2ccc(Br)cc2N2CCOCC21.CC1(C(N)=O)Cc2ccc(Br)cc2N2CCOCC21.CCOC(=O)C1(C)Cc2ccc(Br)cc2N2CCOCC21.CCOC(=O)C1Cc2ccc(Br)cc2N2CCOCC12.C[C@@]1(C#N)Cc2ccc(Br)cc2N2CCOC[C@H]21.C[C@]1(C#N)Cc2ccc(Br)cc2N2CCOC[C@H]21.[Li+].[OH-]. The van der Waals surface area contributed by atoms with Crippen molar-refractivity contribution >= 4 is 154 Å². The second-order valence-corrected chi connectivity index (χ2v) is 38.0. The van der Waals surface area contributed by atoms with Crippen LogP contribution in [-0.4, -0.2) is 202 Å². The number of nitrogens with zero attached hydrogens (tertiary/aromatic N) is 8. The van der Waals surface area contributed by atoms with Gasteiger partial charge < -0.3 is 83.6 Å². The molecule has 18 rings (SSSR count). The molecule has 12 aliphatic rings. The van der Waals surface area contributed by atoms with Crippen LogP contribution in [0.5, 0.6) is 0 Å². The zero-order chi connectivity index (χ0) is 81.9. The fourth-order valence-electron chi connectivity index (χ4n) is 18.7. The Balaban J connectivity index is 0.000000148. The molecule has 12 heterocycles. The van der Waals surface area contributed by atoms with E-state index in [0.29, 0.717) is 98.5 Å². The van der Waals surface area contributed by atoms with Crippen LogP contribution in [0.4, 0.5) is 34.1 Å². The third kappa shape index (κ3) is 19.6. The number of rotatable bonds is 6. The van der Waals surface area contributed by atoms with Gasteiger partial charge in [-0.1, -0.05) is 139 Å². The number of benzene rings is 6. The number of carbonyl (C=O) groups excluding carboxylic acids is 3. The Labute approximate surface area is 756 Å². The van der Waals surface area contributed by atoms with E-state index in [-0.39, 0.29) is 103 Å². The summed E-state index contributed by atoms with van der Waals surface area (Å²) in [6, 6.07) is 42.9. The molecule has 1 amide bonds. The van der Waals surface area contributed by atoms with E-state index in [2.05, 4.69) is 216 Å². The number of ether oxygens (including phenoxy) is 8. The topological polar surface area (TPSA) is 285 Å². The van der Waals surface area contributed by atoms with Crippen molar-refractivity contribution < 1.29 is 86.5 Å². The van der Waals surface area contributed by atoms with Gasteiger partial charge in [0.15, 0.2) is 0 Å². The van der Waals surface area contributed by atoms with E-state index < -0.39 is 22.2 Å². The molecule has 12 atom stereocenters. The third-order valence-corrected chi connectivity index (χ3v) is 28.2. The Hall–Kier alpha value is -5.82. The fourth-order valence-corrected chi connectivity index (χ4v) is 20.8. The number of nitrogens with two attached hydrogens (primary N) is 1. The van der Waals surface area contributed by atoms with E-state index in [9.17, 15) is 34.8 Å². The summed E-state index contributed by atoms with van der Waals surface area (Å²) < 4.78 is 50.4. The summed E-state index contributed by atoms with van der Waals surface area (Å²) in [5.41, 5.74) is 17.5. The van der Waals surface area contributed by atoms with E-state index in [4.69, 9.17) is 43.6 Å². The predicted molar refractivity (Wildman–Crippen MR) is 473 cm³/mol. The molecule has 30 heteroatoms. The number of anilines is 6. The number of amides is 1. The van der Waals surface area contributed by atoms with Crippen molar-refractivity contribution in [3.8, 4) is 12.1 Å². The number of fused-ring (bicyclic) bond motifs is 18. The Morgan fingerprint density at radius 3 is 1.05 bits per heavy atom. The van der Waals surface area contributed by atoms with Gasteiger partial charge in [0.1, 0.15) is 0 Å². The van der Waals surface area contributed by atoms with E-state index in [1.807, 2.05) is 78.8 Å². The van der Waals surface area contributed by atoms with Gasteiger partial charge in [-0.2, -0.15) is 10.5 Å². The van der Waals surface area contributed by atoms with Crippen molar-refractivity contribution in [3.63, 3.8) is 0 Å². The first-order chi connectivity index (χ1) is 55.1. The predicted octanol–water partition coefficient (Wildman–Crippen LogP) is 12.1. The van der Waals surface area contributed by atoms with Gasteiger partial charge in [0.2, 0.25) is 5.91 Å². The van der Waals surface area contributed by atoms with Gasteiger partial charge in [-0.05, 0) is 193 Å². The molecule has 0 bridgehead atoms. The Bertz CT molecular complexity index is 4510.